The van der Waals surface area contributed by atoms with E-state index in [-0.39, 0.29) is 12.1 Å². The summed E-state index contributed by atoms with van der Waals surface area (Å²) in [6.07, 6.45) is 0.380. The van der Waals surface area contributed by atoms with Crippen molar-refractivity contribution >= 4 is 5.96 Å². The minimum absolute atomic E-state index is 0.0674. The van der Waals surface area contributed by atoms with Crippen LogP contribution in [0.15, 0.2) is 11.2 Å². The summed E-state index contributed by atoms with van der Waals surface area (Å²) < 4.78 is 40.2. The van der Waals surface area contributed by atoms with E-state index in [1.165, 1.54) is 30.8 Å². The van der Waals surface area contributed by atoms with Crippen molar-refractivity contribution in [3.8, 4) is 0 Å². The Morgan fingerprint density at radius 2 is 2.00 bits per heavy atom. The van der Waals surface area contributed by atoms with Crippen LogP contribution in [0.2, 0.25) is 0 Å². The van der Waals surface area contributed by atoms with Crippen molar-refractivity contribution in [1.82, 2.24) is 25.3 Å². The summed E-state index contributed by atoms with van der Waals surface area (Å²) >= 11 is 0. The van der Waals surface area contributed by atoms with Gasteiger partial charge in [0.1, 0.15) is 0 Å². The number of nitrogens with one attached hydrogen (secondary N) is 2. The highest BCUT2D eigenvalue weighted by atomic mass is 19.4. The molecule has 1 fully saturated rings. The fourth-order valence-electron chi connectivity index (χ4n) is 3.19. The fraction of sp³-hybridized carbons (Fsp3) is 0.778. The van der Waals surface area contributed by atoms with Crippen LogP contribution in [-0.4, -0.2) is 53.4 Å². The summed E-state index contributed by atoms with van der Waals surface area (Å²) in [4.78, 5) is 6.76. The van der Waals surface area contributed by atoms with Crippen molar-refractivity contribution in [3.63, 3.8) is 0 Å². The van der Waals surface area contributed by atoms with E-state index in [9.17, 15) is 13.2 Å². The molecule has 154 valence electrons. The van der Waals surface area contributed by atoms with E-state index >= 15 is 0 Å². The highest BCUT2D eigenvalue weighted by Crippen LogP contribution is 2.30. The number of rotatable bonds is 7. The SMILES string of the molecule is CCNC(=NCc1cn(C)nc1C(F)(F)F)NCCCN1CCC(C)CC1. The molecule has 0 aliphatic carbocycles. The first kappa shape index (κ1) is 21.5. The van der Waals surface area contributed by atoms with Crippen LogP contribution in [-0.2, 0) is 19.8 Å². The topological polar surface area (TPSA) is 57.5 Å². The van der Waals surface area contributed by atoms with Gasteiger partial charge < -0.3 is 15.5 Å². The normalized spacial score (nSPS) is 17.3. The number of aliphatic imine (C=N–C) groups is 1. The van der Waals surface area contributed by atoms with Crippen LogP contribution in [0, 0.1) is 5.92 Å². The van der Waals surface area contributed by atoms with Crippen LogP contribution < -0.4 is 10.6 Å². The van der Waals surface area contributed by atoms with Gasteiger partial charge in [-0.15, -0.1) is 0 Å². The lowest BCUT2D eigenvalue weighted by atomic mass is 9.99. The Morgan fingerprint density at radius 3 is 2.63 bits per heavy atom. The molecule has 2 heterocycles. The highest BCUT2D eigenvalue weighted by molar-refractivity contribution is 5.79. The molecule has 27 heavy (non-hydrogen) atoms. The smallest absolute Gasteiger partial charge is 0.357 e. The number of aryl methyl sites for hydroxylation is 1. The molecule has 0 atom stereocenters. The van der Waals surface area contributed by atoms with Crippen LogP contribution >= 0.6 is 0 Å². The number of halogens is 3. The average molecular weight is 388 g/mol. The molecule has 1 aromatic heterocycles. The second-order valence-corrected chi connectivity index (χ2v) is 7.17. The molecule has 0 saturated carbocycles. The van der Waals surface area contributed by atoms with E-state index in [0.717, 1.165) is 38.5 Å². The van der Waals surface area contributed by atoms with Crippen LogP contribution in [0.3, 0.4) is 0 Å². The fourth-order valence-corrected chi connectivity index (χ4v) is 3.19. The van der Waals surface area contributed by atoms with Gasteiger partial charge in [-0.3, -0.25) is 4.68 Å². The number of hydrogen-bond donors (Lipinski definition) is 2. The number of nitrogens with zero attached hydrogens (tertiary/aromatic N) is 4. The van der Waals surface area contributed by atoms with Gasteiger partial charge in [0.05, 0.1) is 6.54 Å². The summed E-state index contributed by atoms with van der Waals surface area (Å²) in [7, 11) is 1.48. The molecule has 0 amide bonds. The molecule has 0 spiro atoms. The quantitative estimate of drug-likeness (QED) is 0.428. The van der Waals surface area contributed by atoms with Crippen LogP contribution in [0.5, 0.6) is 0 Å². The third kappa shape index (κ3) is 7.04. The first-order valence-electron chi connectivity index (χ1n) is 9.63. The van der Waals surface area contributed by atoms with E-state index in [1.54, 1.807) is 0 Å². The summed E-state index contributed by atoms with van der Waals surface area (Å²) in [6, 6.07) is 0. The largest absolute Gasteiger partial charge is 0.435 e. The van der Waals surface area contributed by atoms with Gasteiger partial charge in [0.2, 0.25) is 0 Å². The molecule has 1 aliphatic heterocycles. The summed E-state index contributed by atoms with van der Waals surface area (Å²) in [5.41, 5.74) is -0.798. The van der Waals surface area contributed by atoms with Crippen molar-refractivity contribution in [2.45, 2.75) is 45.8 Å². The zero-order valence-corrected chi connectivity index (χ0v) is 16.4. The molecule has 2 N–H and O–H groups in total. The predicted molar refractivity (Wildman–Crippen MR) is 100 cm³/mol. The Morgan fingerprint density at radius 1 is 1.30 bits per heavy atom. The Bertz CT molecular complexity index is 603. The number of likely N-dealkylation sites (tertiary alicyclic amines) is 1. The summed E-state index contributed by atoms with van der Waals surface area (Å²) in [6.45, 7) is 8.86. The predicted octanol–water partition coefficient (Wildman–Crippen LogP) is 2.62. The van der Waals surface area contributed by atoms with Crippen molar-refractivity contribution < 1.29 is 13.2 Å². The number of guanidine groups is 1. The molecular weight excluding hydrogens is 357 g/mol. The molecule has 0 unspecified atom stereocenters. The first-order valence-corrected chi connectivity index (χ1v) is 9.63. The molecule has 1 aromatic rings. The highest BCUT2D eigenvalue weighted by Gasteiger charge is 2.36. The van der Waals surface area contributed by atoms with Gasteiger partial charge in [0.15, 0.2) is 11.7 Å². The van der Waals surface area contributed by atoms with Crippen molar-refractivity contribution in [2.75, 3.05) is 32.7 Å². The number of aromatic nitrogens is 2. The molecular formula is C18H31F3N6. The molecule has 1 aliphatic rings. The molecule has 1 saturated heterocycles. The van der Waals surface area contributed by atoms with Gasteiger partial charge in [-0.1, -0.05) is 6.92 Å². The van der Waals surface area contributed by atoms with E-state index in [4.69, 9.17) is 0 Å². The van der Waals surface area contributed by atoms with Gasteiger partial charge in [-0.25, -0.2) is 4.99 Å². The zero-order chi connectivity index (χ0) is 19.9. The lowest BCUT2D eigenvalue weighted by Gasteiger charge is -2.30. The average Bonchev–Trinajstić information content (AvgIpc) is 2.99. The van der Waals surface area contributed by atoms with Gasteiger partial charge in [0.25, 0.3) is 0 Å². The molecule has 0 radical (unpaired) electrons. The van der Waals surface area contributed by atoms with E-state index in [0.29, 0.717) is 12.5 Å². The van der Waals surface area contributed by atoms with E-state index in [1.807, 2.05) is 6.92 Å². The molecule has 2 rings (SSSR count). The standard InChI is InChI=1S/C18H31F3N6/c1-4-22-17(23-8-5-9-27-10-6-14(2)7-11-27)24-12-15-13-26(3)25-16(15)18(19,20)21/h13-14H,4-12H2,1-3H3,(H2,22,23,24). The number of hydrogen-bond acceptors (Lipinski definition) is 3. The zero-order valence-electron chi connectivity index (χ0n) is 16.4. The molecule has 9 heteroatoms. The maximum absolute atomic E-state index is 13.0. The Balaban J connectivity index is 1.84. The maximum Gasteiger partial charge on any atom is 0.435 e. The lowest BCUT2D eigenvalue weighted by Crippen LogP contribution is -2.39. The minimum atomic E-state index is -4.47. The van der Waals surface area contributed by atoms with Crippen LogP contribution in [0.1, 0.15) is 44.4 Å². The molecule has 0 aromatic carbocycles. The first-order chi connectivity index (χ1) is 12.8. The number of piperidine rings is 1. The summed E-state index contributed by atoms with van der Waals surface area (Å²) in [5, 5.41) is 9.80. The Labute approximate surface area is 159 Å². The monoisotopic (exact) mass is 388 g/mol. The summed E-state index contributed by atoms with van der Waals surface area (Å²) in [5.74, 6) is 1.35. The van der Waals surface area contributed by atoms with Crippen LogP contribution in [0.25, 0.3) is 0 Å². The molecule has 6 nitrogen and oxygen atoms in total. The van der Waals surface area contributed by atoms with Crippen molar-refractivity contribution in [1.29, 1.82) is 0 Å². The lowest BCUT2D eigenvalue weighted by molar-refractivity contribution is -0.142. The van der Waals surface area contributed by atoms with E-state index < -0.39 is 11.9 Å². The minimum Gasteiger partial charge on any atom is -0.357 e. The maximum atomic E-state index is 13.0. The van der Waals surface area contributed by atoms with Crippen LogP contribution in [0.4, 0.5) is 13.2 Å². The van der Waals surface area contributed by atoms with Gasteiger partial charge in [-0.2, -0.15) is 18.3 Å². The van der Waals surface area contributed by atoms with Gasteiger partial charge >= 0.3 is 6.18 Å². The van der Waals surface area contributed by atoms with E-state index in [2.05, 4.69) is 32.5 Å². The third-order valence-electron chi connectivity index (χ3n) is 4.74. The Hall–Kier alpha value is -1.77. The van der Waals surface area contributed by atoms with Crippen molar-refractivity contribution in [3.05, 3.63) is 17.5 Å². The number of alkyl halides is 3. The third-order valence-corrected chi connectivity index (χ3v) is 4.74. The molecule has 0 bridgehead atoms. The second kappa shape index (κ2) is 9.96. The van der Waals surface area contributed by atoms with Gasteiger partial charge in [-0.05, 0) is 51.7 Å². The van der Waals surface area contributed by atoms with Crippen molar-refractivity contribution in [2.24, 2.45) is 18.0 Å². The van der Waals surface area contributed by atoms with Gasteiger partial charge in [0, 0.05) is 31.9 Å². The Kier molecular flexibility index (Phi) is 7.94. The second-order valence-electron chi connectivity index (χ2n) is 7.17.